The summed E-state index contributed by atoms with van der Waals surface area (Å²) in [6.45, 7) is 2.35. The maximum atomic E-state index is 11.9. The second kappa shape index (κ2) is 4.92. The minimum Gasteiger partial charge on any atom is -0.355 e. The second-order valence-electron chi connectivity index (χ2n) is 4.85. The van der Waals surface area contributed by atoms with Crippen LogP contribution in [0.5, 0.6) is 0 Å². The monoisotopic (exact) mass is 305 g/mol. The van der Waals surface area contributed by atoms with Crippen LogP contribution in [0.15, 0.2) is 24.3 Å². The normalized spacial score (nSPS) is 24.7. The van der Waals surface area contributed by atoms with Crippen LogP contribution in [0.3, 0.4) is 0 Å². The highest BCUT2D eigenvalue weighted by molar-refractivity contribution is 6.53. The third kappa shape index (κ3) is 2.76. The van der Waals surface area contributed by atoms with Gasteiger partial charge in [-0.25, -0.2) is 0 Å². The lowest BCUT2D eigenvalue weighted by Crippen LogP contribution is -2.34. The lowest BCUT2D eigenvalue weighted by Gasteiger charge is -2.12. The third-order valence-corrected chi connectivity index (χ3v) is 4.72. The highest BCUT2D eigenvalue weighted by atomic mass is 35.5. The molecule has 0 aliphatic heterocycles. The van der Waals surface area contributed by atoms with Gasteiger partial charge in [-0.2, -0.15) is 0 Å². The number of carbonyl (C=O) groups is 1. The Morgan fingerprint density at radius 1 is 1.33 bits per heavy atom. The van der Waals surface area contributed by atoms with Crippen molar-refractivity contribution in [1.29, 1.82) is 0 Å². The Bertz CT molecular complexity index is 458. The van der Waals surface area contributed by atoms with Gasteiger partial charge in [0.1, 0.15) is 4.33 Å². The first-order chi connectivity index (χ1) is 8.35. The molecule has 0 heterocycles. The molecule has 98 valence electrons. The zero-order chi connectivity index (χ0) is 13.4. The largest absolute Gasteiger partial charge is 0.355 e. The summed E-state index contributed by atoms with van der Waals surface area (Å²) in [4.78, 5) is 11.9. The zero-order valence-corrected chi connectivity index (χ0v) is 12.2. The van der Waals surface area contributed by atoms with E-state index in [1.807, 2.05) is 24.3 Å². The summed E-state index contributed by atoms with van der Waals surface area (Å²) in [6, 6.07) is 7.56. The van der Waals surface area contributed by atoms with Gasteiger partial charge in [0.25, 0.3) is 0 Å². The van der Waals surface area contributed by atoms with E-state index >= 15 is 0 Å². The van der Waals surface area contributed by atoms with Gasteiger partial charge in [0.2, 0.25) is 5.91 Å². The van der Waals surface area contributed by atoms with Crippen LogP contribution in [0.2, 0.25) is 5.02 Å². The Morgan fingerprint density at radius 3 is 2.39 bits per heavy atom. The van der Waals surface area contributed by atoms with Crippen LogP contribution in [0.1, 0.15) is 18.9 Å². The number of nitrogens with one attached hydrogen (secondary N) is 1. The summed E-state index contributed by atoms with van der Waals surface area (Å²) >= 11 is 17.7. The quantitative estimate of drug-likeness (QED) is 0.846. The van der Waals surface area contributed by atoms with Crippen molar-refractivity contribution < 1.29 is 4.79 Å². The molecule has 0 unspecified atom stereocenters. The van der Waals surface area contributed by atoms with E-state index in [0.29, 0.717) is 18.0 Å². The second-order valence-corrected chi connectivity index (χ2v) is 6.77. The number of alkyl halides is 2. The van der Waals surface area contributed by atoms with Gasteiger partial charge in [0, 0.05) is 11.6 Å². The molecule has 1 aromatic rings. The number of carbonyl (C=O) groups excluding carboxylic acids is 1. The first kappa shape index (κ1) is 14.0. The van der Waals surface area contributed by atoms with E-state index in [4.69, 9.17) is 34.8 Å². The molecule has 0 aromatic heterocycles. The Kier molecular flexibility index (Phi) is 3.82. The Labute approximate surface area is 122 Å². The van der Waals surface area contributed by atoms with Crippen LogP contribution in [0.4, 0.5) is 0 Å². The molecule has 1 atom stereocenters. The van der Waals surface area contributed by atoms with Crippen molar-refractivity contribution in [3.8, 4) is 0 Å². The van der Waals surface area contributed by atoms with Crippen molar-refractivity contribution in [2.75, 3.05) is 6.54 Å². The van der Waals surface area contributed by atoms with Crippen molar-refractivity contribution >= 4 is 40.7 Å². The first-order valence-electron chi connectivity index (χ1n) is 5.76. The molecule has 1 aromatic carbocycles. The Balaban J connectivity index is 1.80. The van der Waals surface area contributed by atoms with Gasteiger partial charge in [-0.05, 0) is 37.5 Å². The number of hydrogen-bond donors (Lipinski definition) is 1. The Morgan fingerprint density at radius 2 is 1.89 bits per heavy atom. The zero-order valence-electron chi connectivity index (χ0n) is 9.97. The standard InChI is InChI=1S/C13H14Cl3NO/c1-12(8-13(12,15)16)11(18)17-7-6-9-2-4-10(14)5-3-9/h2-5H,6-8H2,1H3,(H,17,18)/t12-/m0/s1. The SMILES string of the molecule is C[C@@]1(C(=O)NCCc2ccc(Cl)cc2)CC1(Cl)Cl. The maximum absolute atomic E-state index is 11.9. The van der Waals surface area contributed by atoms with E-state index in [1.165, 1.54) is 0 Å². The van der Waals surface area contributed by atoms with Crippen LogP contribution in [0.25, 0.3) is 0 Å². The van der Waals surface area contributed by atoms with Gasteiger partial charge in [-0.3, -0.25) is 4.79 Å². The van der Waals surface area contributed by atoms with Gasteiger partial charge in [0.15, 0.2) is 0 Å². The fraction of sp³-hybridized carbons (Fsp3) is 0.462. The summed E-state index contributed by atoms with van der Waals surface area (Å²) in [5.74, 6) is -0.0820. The molecular weight excluding hydrogens is 293 g/mol. The maximum Gasteiger partial charge on any atom is 0.229 e. The minimum absolute atomic E-state index is 0.0820. The van der Waals surface area contributed by atoms with Gasteiger partial charge >= 0.3 is 0 Å². The van der Waals surface area contributed by atoms with Gasteiger partial charge in [0.05, 0.1) is 5.41 Å². The third-order valence-electron chi connectivity index (χ3n) is 3.37. The molecular formula is C13H14Cl3NO. The smallest absolute Gasteiger partial charge is 0.229 e. The van der Waals surface area contributed by atoms with E-state index in [9.17, 15) is 4.79 Å². The number of rotatable bonds is 4. The van der Waals surface area contributed by atoms with E-state index in [0.717, 1.165) is 12.0 Å². The summed E-state index contributed by atoms with van der Waals surface area (Å²) in [6.07, 6.45) is 1.27. The molecule has 2 rings (SSSR count). The first-order valence-corrected chi connectivity index (χ1v) is 6.89. The van der Waals surface area contributed by atoms with Crippen molar-refractivity contribution in [3.05, 3.63) is 34.9 Å². The lowest BCUT2D eigenvalue weighted by atomic mass is 10.1. The fourth-order valence-corrected chi connectivity index (χ4v) is 2.64. The molecule has 18 heavy (non-hydrogen) atoms. The highest BCUT2D eigenvalue weighted by Gasteiger charge is 2.67. The molecule has 2 nitrogen and oxygen atoms in total. The topological polar surface area (TPSA) is 29.1 Å². The molecule has 1 saturated carbocycles. The Hall–Kier alpha value is -0.440. The molecule has 1 N–H and O–H groups in total. The number of benzene rings is 1. The van der Waals surface area contributed by atoms with E-state index < -0.39 is 9.75 Å². The number of amides is 1. The average molecular weight is 307 g/mol. The number of hydrogen-bond acceptors (Lipinski definition) is 1. The van der Waals surface area contributed by atoms with Crippen LogP contribution in [0, 0.1) is 5.41 Å². The van der Waals surface area contributed by atoms with E-state index in [-0.39, 0.29) is 5.91 Å². The predicted octanol–water partition coefficient (Wildman–Crippen LogP) is 3.58. The van der Waals surface area contributed by atoms with Gasteiger partial charge in [-0.15, -0.1) is 23.2 Å². The summed E-state index contributed by atoms with van der Waals surface area (Å²) in [5.41, 5.74) is 0.486. The lowest BCUT2D eigenvalue weighted by molar-refractivity contribution is -0.125. The molecule has 1 fully saturated rings. The van der Waals surface area contributed by atoms with Crippen molar-refractivity contribution in [1.82, 2.24) is 5.32 Å². The fourth-order valence-electron chi connectivity index (χ4n) is 1.81. The molecule has 0 bridgehead atoms. The van der Waals surface area contributed by atoms with E-state index in [1.54, 1.807) is 6.92 Å². The minimum atomic E-state index is -0.905. The predicted molar refractivity (Wildman–Crippen MR) is 75.3 cm³/mol. The van der Waals surface area contributed by atoms with Crippen LogP contribution in [-0.4, -0.2) is 16.8 Å². The summed E-state index contributed by atoms with van der Waals surface area (Å²) in [5, 5.41) is 3.57. The molecule has 0 radical (unpaired) electrons. The molecule has 5 heteroatoms. The van der Waals surface area contributed by atoms with Crippen molar-refractivity contribution in [3.63, 3.8) is 0 Å². The average Bonchev–Trinajstić information content (AvgIpc) is 2.82. The molecule has 1 aliphatic rings. The van der Waals surface area contributed by atoms with Crippen LogP contribution < -0.4 is 5.32 Å². The summed E-state index contributed by atoms with van der Waals surface area (Å²) < 4.78 is -0.905. The molecule has 1 aliphatic carbocycles. The van der Waals surface area contributed by atoms with Crippen LogP contribution >= 0.6 is 34.8 Å². The van der Waals surface area contributed by atoms with Gasteiger partial charge < -0.3 is 5.32 Å². The molecule has 1 amide bonds. The highest BCUT2D eigenvalue weighted by Crippen LogP contribution is 2.63. The number of halogens is 3. The molecule has 0 saturated heterocycles. The van der Waals surface area contributed by atoms with E-state index in [2.05, 4.69) is 5.32 Å². The molecule has 0 spiro atoms. The summed E-state index contributed by atoms with van der Waals surface area (Å²) in [7, 11) is 0. The van der Waals surface area contributed by atoms with Gasteiger partial charge in [-0.1, -0.05) is 23.7 Å². The van der Waals surface area contributed by atoms with Crippen molar-refractivity contribution in [2.45, 2.75) is 24.1 Å². The van der Waals surface area contributed by atoms with Crippen LogP contribution in [-0.2, 0) is 11.2 Å². The van der Waals surface area contributed by atoms with Crippen molar-refractivity contribution in [2.24, 2.45) is 5.41 Å².